The van der Waals surface area contributed by atoms with Crippen LogP contribution in [0.25, 0.3) is 11.4 Å². The van der Waals surface area contributed by atoms with E-state index in [1.165, 1.54) is 36.9 Å². The van der Waals surface area contributed by atoms with Crippen LogP contribution in [0, 0.1) is 0 Å². The van der Waals surface area contributed by atoms with Crippen molar-refractivity contribution in [1.82, 2.24) is 9.97 Å². The van der Waals surface area contributed by atoms with Gasteiger partial charge in [0.05, 0.1) is 0 Å². The van der Waals surface area contributed by atoms with Gasteiger partial charge < -0.3 is 5.32 Å². The molecule has 2 aliphatic carbocycles. The molecule has 0 unspecified atom stereocenters. The normalized spacial score (nSPS) is 17.5. The largest absolute Gasteiger partial charge is 0.367 e. The molecular formula is C18H19Cl2N3. The first kappa shape index (κ1) is 15.2. The van der Waals surface area contributed by atoms with Crippen molar-refractivity contribution in [3.05, 3.63) is 39.5 Å². The van der Waals surface area contributed by atoms with E-state index in [1.807, 2.05) is 12.1 Å². The first-order chi connectivity index (χ1) is 11.2. The van der Waals surface area contributed by atoms with Crippen LogP contribution in [0.4, 0.5) is 5.82 Å². The van der Waals surface area contributed by atoms with Crippen LogP contribution in [0.2, 0.25) is 10.0 Å². The lowest BCUT2D eigenvalue weighted by molar-refractivity contribution is 0.747. The van der Waals surface area contributed by atoms with Crippen LogP contribution in [-0.2, 0) is 12.8 Å². The van der Waals surface area contributed by atoms with E-state index in [-0.39, 0.29) is 0 Å². The number of rotatable bonds is 3. The van der Waals surface area contributed by atoms with Gasteiger partial charge in [-0.2, -0.15) is 0 Å². The minimum absolute atomic E-state index is 0.547. The average molecular weight is 348 g/mol. The van der Waals surface area contributed by atoms with Crippen LogP contribution in [0.15, 0.2) is 18.2 Å². The van der Waals surface area contributed by atoms with Gasteiger partial charge in [0, 0.05) is 32.9 Å². The Morgan fingerprint density at radius 3 is 2.39 bits per heavy atom. The van der Waals surface area contributed by atoms with Gasteiger partial charge in [0.1, 0.15) is 5.82 Å². The van der Waals surface area contributed by atoms with E-state index in [0.717, 1.165) is 36.5 Å². The molecule has 1 aromatic heterocycles. The number of nitrogens with one attached hydrogen (secondary N) is 1. The summed E-state index contributed by atoms with van der Waals surface area (Å²) in [5, 5.41) is 4.89. The molecule has 1 saturated carbocycles. The maximum absolute atomic E-state index is 6.14. The second-order valence-corrected chi connectivity index (χ2v) is 7.33. The number of anilines is 1. The van der Waals surface area contributed by atoms with Gasteiger partial charge in [-0.25, -0.2) is 9.97 Å². The molecule has 1 fully saturated rings. The number of aryl methyl sites for hydroxylation is 1. The van der Waals surface area contributed by atoms with Crippen LogP contribution in [0.3, 0.4) is 0 Å². The molecular weight excluding hydrogens is 329 g/mol. The quantitative estimate of drug-likeness (QED) is 0.819. The zero-order valence-corrected chi connectivity index (χ0v) is 14.4. The molecule has 120 valence electrons. The molecule has 0 radical (unpaired) electrons. The first-order valence-corrected chi connectivity index (χ1v) is 9.07. The van der Waals surface area contributed by atoms with E-state index in [1.54, 1.807) is 6.07 Å². The molecule has 5 heteroatoms. The second-order valence-electron chi connectivity index (χ2n) is 6.46. The Balaban J connectivity index is 1.75. The number of fused-ring (bicyclic) bond motifs is 1. The molecule has 23 heavy (non-hydrogen) atoms. The van der Waals surface area contributed by atoms with Crippen molar-refractivity contribution in [1.29, 1.82) is 0 Å². The maximum Gasteiger partial charge on any atom is 0.161 e. The summed E-state index contributed by atoms with van der Waals surface area (Å²) in [6, 6.07) is 6.04. The van der Waals surface area contributed by atoms with E-state index in [2.05, 4.69) is 5.32 Å². The molecule has 2 aliphatic rings. The summed E-state index contributed by atoms with van der Waals surface area (Å²) in [5.74, 6) is 1.74. The van der Waals surface area contributed by atoms with Crippen molar-refractivity contribution in [2.75, 3.05) is 5.32 Å². The first-order valence-electron chi connectivity index (χ1n) is 8.32. The molecule has 1 N–H and O–H groups in total. The Morgan fingerprint density at radius 2 is 1.65 bits per heavy atom. The lowest BCUT2D eigenvalue weighted by Crippen LogP contribution is -2.17. The molecule has 3 nitrogen and oxygen atoms in total. The summed E-state index contributed by atoms with van der Waals surface area (Å²) < 4.78 is 0. The molecule has 2 aromatic rings. The molecule has 0 atom stereocenters. The summed E-state index contributed by atoms with van der Waals surface area (Å²) in [7, 11) is 0. The number of hydrogen-bond acceptors (Lipinski definition) is 3. The highest BCUT2D eigenvalue weighted by Crippen LogP contribution is 2.33. The molecule has 0 saturated heterocycles. The zero-order valence-electron chi connectivity index (χ0n) is 12.9. The molecule has 0 spiro atoms. The standard InChI is InChI=1S/C18H19Cl2N3/c19-12-8-11(9-13(20)10-12)17-22-16-7-3-6-15(16)18(23-17)21-14-4-1-2-5-14/h8-10,14H,1-7H2,(H,21,22,23). The van der Waals surface area contributed by atoms with E-state index < -0.39 is 0 Å². The summed E-state index contributed by atoms with van der Waals surface area (Å²) in [5.41, 5.74) is 3.35. The predicted octanol–water partition coefficient (Wildman–Crippen LogP) is 5.29. The monoisotopic (exact) mass is 347 g/mol. The number of aromatic nitrogens is 2. The van der Waals surface area contributed by atoms with Gasteiger partial charge in [-0.15, -0.1) is 0 Å². The zero-order chi connectivity index (χ0) is 15.8. The second kappa shape index (κ2) is 6.29. The molecule has 1 aromatic carbocycles. The summed E-state index contributed by atoms with van der Waals surface area (Å²) in [6.07, 6.45) is 8.33. The van der Waals surface area contributed by atoms with E-state index in [0.29, 0.717) is 16.1 Å². The fraction of sp³-hybridized carbons (Fsp3) is 0.444. The smallest absolute Gasteiger partial charge is 0.161 e. The highest BCUT2D eigenvalue weighted by atomic mass is 35.5. The highest BCUT2D eigenvalue weighted by Gasteiger charge is 2.23. The van der Waals surface area contributed by atoms with Gasteiger partial charge in [-0.3, -0.25) is 0 Å². The van der Waals surface area contributed by atoms with Crippen molar-refractivity contribution < 1.29 is 0 Å². The highest BCUT2D eigenvalue weighted by molar-refractivity contribution is 6.35. The van der Waals surface area contributed by atoms with Crippen molar-refractivity contribution in [2.24, 2.45) is 0 Å². The van der Waals surface area contributed by atoms with Gasteiger partial charge in [0.25, 0.3) is 0 Å². The molecule has 1 heterocycles. The number of halogens is 2. The summed E-state index contributed by atoms with van der Waals surface area (Å²) in [4.78, 5) is 9.59. The van der Waals surface area contributed by atoms with Crippen molar-refractivity contribution >= 4 is 29.0 Å². The van der Waals surface area contributed by atoms with E-state index >= 15 is 0 Å². The Labute approximate surface area is 146 Å². The SMILES string of the molecule is Clc1cc(Cl)cc(-c2nc3c(c(NC4CCCC4)n2)CCC3)c1. The van der Waals surface area contributed by atoms with E-state index in [9.17, 15) is 0 Å². The Hall–Kier alpha value is -1.32. The Morgan fingerprint density at radius 1 is 0.913 bits per heavy atom. The maximum atomic E-state index is 6.14. The van der Waals surface area contributed by atoms with Crippen LogP contribution in [-0.4, -0.2) is 16.0 Å². The van der Waals surface area contributed by atoms with Gasteiger partial charge in [0.2, 0.25) is 0 Å². The minimum Gasteiger partial charge on any atom is -0.367 e. The molecule has 0 bridgehead atoms. The van der Waals surface area contributed by atoms with Gasteiger partial charge >= 0.3 is 0 Å². The lowest BCUT2D eigenvalue weighted by Gasteiger charge is -2.17. The van der Waals surface area contributed by atoms with Crippen LogP contribution in [0.1, 0.15) is 43.4 Å². The van der Waals surface area contributed by atoms with Crippen molar-refractivity contribution in [2.45, 2.75) is 51.0 Å². The Kier molecular flexibility index (Phi) is 4.16. The summed E-state index contributed by atoms with van der Waals surface area (Å²) in [6.45, 7) is 0. The third-order valence-electron chi connectivity index (χ3n) is 4.75. The number of nitrogens with zero attached hydrogens (tertiary/aromatic N) is 2. The number of hydrogen-bond donors (Lipinski definition) is 1. The predicted molar refractivity (Wildman–Crippen MR) is 95.4 cm³/mol. The third-order valence-corrected chi connectivity index (χ3v) is 5.19. The van der Waals surface area contributed by atoms with Crippen molar-refractivity contribution in [3.8, 4) is 11.4 Å². The third kappa shape index (κ3) is 3.17. The van der Waals surface area contributed by atoms with Gasteiger partial charge in [0.15, 0.2) is 5.82 Å². The minimum atomic E-state index is 0.547. The fourth-order valence-corrected chi connectivity index (χ4v) is 4.15. The molecule has 4 rings (SSSR count). The lowest BCUT2D eigenvalue weighted by atomic mass is 10.1. The van der Waals surface area contributed by atoms with Crippen LogP contribution in [0.5, 0.6) is 0 Å². The van der Waals surface area contributed by atoms with Gasteiger partial charge in [-0.05, 0) is 50.3 Å². The average Bonchev–Trinajstić information content (AvgIpc) is 3.17. The van der Waals surface area contributed by atoms with Gasteiger partial charge in [-0.1, -0.05) is 36.0 Å². The van der Waals surface area contributed by atoms with Crippen LogP contribution >= 0.6 is 23.2 Å². The van der Waals surface area contributed by atoms with Crippen molar-refractivity contribution in [3.63, 3.8) is 0 Å². The molecule has 0 amide bonds. The number of benzene rings is 1. The van der Waals surface area contributed by atoms with Crippen LogP contribution < -0.4 is 5.32 Å². The topological polar surface area (TPSA) is 37.8 Å². The molecule has 0 aliphatic heterocycles. The fourth-order valence-electron chi connectivity index (χ4n) is 3.63. The van der Waals surface area contributed by atoms with E-state index in [4.69, 9.17) is 33.2 Å². The Bertz CT molecular complexity index is 719. The summed E-state index contributed by atoms with van der Waals surface area (Å²) >= 11 is 12.3.